The summed E-state index contributed by atoms with van der Waals surface area (Å²) in [4.78, 5) is 13.0. The van der Waals surface area contributed by atoms with Crippen molar-refractivity contribution in [2.24, 2.45) is 0 Å². The Kier molecular flexibility index (Phi) is 4.02. The second kappa shape index (κ2) is 5.08. The van der Waals surface area contributed by atoms with Crippen molar-refractivity contribution in [2.45, 2.75) is 13.0 Å². The summed E-state index contributed by atoms with van der Waals surface area (Å²) in [5.74, 6) is -1.10. The molecule has 0 saturated carbocycles. The summed E-state index contributed by atoms with van der Waals surface area (Å²) in [5.41, 5.74) is -0.0344. The van der Waals surface area contributed by atoms with Crippen molar-refractivity contribution in [1.29, 1.82) is 5.26 Å². The van der Waals surface area contributed by atoms with Crippen molar-refractivity contribution < 1.29 is 9.18 Å². The molecule has 0 bridgehead atoms. The van der Waals surface area contributed by atoms with Crippen LogP contribution in [0.5, 0.6) is 0 Å². The summed E-state index contributed by atoms with van der Waals surface area (Å²) in [6.45, 7) is 1.58. The number of rotatable bonds is 2. The molecule has 0 heterocycles. The van der Waals surface area contributed by atoms with E-state index < -0.39 is 17.8 Å². The number of nitrogens with zero attached hydrogens (tertiary/aromatic N) is 2. The molecule has 0 spiro atoms. The molecule has 0 aliphatic carbocycles. The lowest BCUT2D eigenvalue weighted by atomic mass is 10.1. The fraction of sp³-hybridized carbons (Fsp3) is 0.273. The van der Waals surface area contributed by atoms with Gasteiger partial charge in [0.25, 0.3) is 5.91 Å². The summed E-state index contributed by atoms with van der Waals surface area (Å²) in [6, 6.07) is 5.53. The Bertz CT molecular complexity index is 456. The van der Waals surface area contributed by atoms with Crippen molar-refractivity contribution in [3.05, 3.63) is 34.1 Å². The molecule has 1 amide bonds. The van der Waals surface area contributed by atoms with Gasteiger partial charge in [-0.25, -0.2) is 4.39 Å². The van der Waals surface area contributed by atoms with Crippen LogP contribution in [-0.4, -0.2) is 23.9 Å². The Labute approximate surface area is 102 Å². The third-order valence-electron chi connectivity index (χ3n) is 2.25. The number of halogens is 2. The molecule has 5 heteroatoms. The molecule has 0 aliphatic heterocycles. The first-order valence-electron chi connectivity index (χ1n) is 4.59. The summed E-state index contributed by atoms with van der Waals surface area (Å²) < 4.78 is 14.0. The van der Waals surface area contributed by atoms with E-state index in [9.17, 15) is 9.18 Å². The Morgan fingerprint density at radius 1 is 1.62 bits per heavy atom. The molecule has 84 valence electrons. The van der Waals surface area contributed by atoms with Gasteiger partial charge in [-0.2, -0.15) is 5.26 Å². The average molecular weight is 285 g/mol. The molecule has 0 fully saturated rings. The first-order valence-corrected chi connectivity index (χ1v) is 5.38. The molecule has 0 saturated heterocycles. The third-order valence-corrected chi connectivity index (χ3v) is 2.74. The van der Waals surface area contributed by atoms with Crippen LogP contribution in [-0.2, 0) is 0 Å². The smallest absolute Gasteiger partial charge is 0.257 e. The fourth-order valence-corrected chi connectivity index (χ4v) is 1.45. The quantitative estimate of drug-likeness (QED) is 0.838. The highest BCUT2D eigenvalue weighted by Crippen LogP contribution is 2.17. The number of carbonyl (C=O) groups is 1. The SMILES string of the molecule is CC(C#N)N(C)C(=O)c1ccc(Br)cc1F. The van der Waals surface area contributed by atoms with Crippen LogP contribution in [0.3, 0.4) is 0 Å². The van der Waals surface area contributed by atoms with Gasteiger partial charge >= 0.3 is 0 Å². The standard InChI is InChI=1S/C11H10BrFN2O/c1-7(6-14)15(2)11(16)9-4-3-8(12)5-10(9)13/h3-5,7H,1-2H3. The first kappa shape index (κ1) is 12.7. The van der Waals surface area contributed by atoms with E-state index in [1.807, 2.05) is 6.07 Å². The van der Waals surface area contributed by atoms with Crippen molar-refractivity contribution in [1.82, 2.24) is 4.90 Å². The van der Waals surface area contributed by atoms with E-state index in [0.29, 0.717) is 4.47 Å². The van der Waals surface area contributed by atoms with Gasteiger partial charge in [-0.05, 0) is 25.1 Å². The lowest BCUT2D eigenvalue weighted by Gasteiger charge is -2.19. The van der Waals surface area contributed by atoms with E-state index in [0.717, 1.165) is 0 Å². The second-order valence-corrected chi connectivity index (χ2v) is 4.26. The zero-order chi connectivity index (χ0) is 12.3. The average Bonchev–Trinajstić information content (AvgIpc) is 2.26. The Morgan fingerprint density at radius 3 is 2.75 bits per heavy atom. The highest BCUT2D eigenvalue weighted by atomic mass is 79.9. The molecule has 16 heavy (non-hydrogen) atoms. The molecule has 0 N–H and O–H groups in total. The van der Waals surface area contributed by atoms with Crippen molar-refractivity contribution in [3.63, 3.8) is 0 Å². The first-order chi connectivity index (χ1) is 7.47. The normalized spacial score (nSPS) is 11.7. The van der Waals surface area contributed by atoms with Crippen molar-refractivity contribution in [3.8, 4) is 6.07 Å². The largest absolute Gasteiger partial charge is 0.326 e. The minimum absolute atomic E-state index is 0.0344. The van der Waals surface area contributed by atoms with Gasteiger partial charge in [0, 0.05) is 11.5 Å². The maximum absolute atomic E-state index is 13.5. The number of carbonyl (C=O) groups excluding carboxylic acids is 1. The molecule has 3 nitrogen and oxygen atoms in total. The highest BCUT2D eigenvalue weighted by Gasteiger charge is 2.19. The summed E-state index contributed by atoms with van der Waals surface area (Å²) >= 11 is 3.11. The van der Waals surface area contributed by atoms with Gasteiger partial charge in [0.05, 0.1) is 11.6 Å². The molecule has 1 rings (SSSR count). The van der Waals surface area contributed by atoms with E-state index in [1.165, 1.54) is 24.1 Å². The van der Waals surface area contributed by atoms with Crippen LogP contribution in [0.15, 0.2) is 22.7 Å². The zero-order valence-electron chi connectivity index (χ0n) is 8.87. The molecule has 1 aromatic carbocycles. The van der Waals surface area contributed by atoms with Crippen LogP contribution in [0.25, 0.3) is 0 Å². The fourth-order valence-electron chi connectivity index (χ4n) is 1.12. The van der Waals surface area contributed by atoms with Crippen LogP contribution >= 0.6 is 15.9 Å². The van der Waals surface area contributed by atoms with Gasteiger partial charge in [0.2, 0.25) is 0 Å². The molecule has 0 aliphatic rings. The lowest BCUT2D eigenvalue weighted by Crippen LogP contribution is -2.34. The van der Waals surface area contributed by atoms with E-state index in [2.05, 4.69) is 15.9 Å². The molecular formula is C11H10BrFN2O. The summed E-state index contributed by atoms with van der Waals surface area (Å²) in [5, 5.41) is 8.67. The van der Waals surface area contributed by atoms with Gasteiger partial charge in [-0.15, -0.1) is 0 Å². The van der Waals surface area contributed by atoms with E-state index in [-0.39, 0.29) is 5.56 Å². The molecule has 1 atom stereocenters. The van der Waals surface area contributed by atoms with Gasteiger partial charge in [-0.1, -0.05) is 15.9 Å². The molecule has 1 unspecified atom stereocenters. The molecule has 0 radical (unpaired) electrons. The number of benzene rings is 1. The number of nitriles is 1. The topological polar surface area (TPSA) is 44.1 Å². The summed E-state index contributed by atoms with van der Waals surface area (Å²) in [7, 11) is 1.47. The predicted molar refractivity (Wildman–Crippen MR) is 61.3 cm³/mol. The van der Waals surface area contributed by atoms with Gasteiger partial charge in [0.15, 0.2) is 0 Å². The monoisotopic (exact) mass is 284 g/mol. The number of amides is 1. The van der Waals surface area contributed by atoms with E-state index >= 15 is 0 Å². The van der Waals surface area contributed by atoms with Crippen molar-refractivity contribution in [2.75, 3.05) is 7.05 Å². The Balaban J connectivity index is 3.02. The minimum Gasteiger partial charge on any atom is -0.326 e. The Hall–Kier alpha value is -1.41. The van der Waals surface area contributed by atoms with Gasteiger partial charge in [-0.3, -0.25) is 4.79 Å². The molecule has 1 aromatic rings. The second-order valence-electron chi connectivity index (χ2n) is 3.35. The zero-order valence-corrected chi connectivity index (χ0v) is 10.5. The van der Waals surface area contributed by atoms with Gasteiger partial charge < -0.3 is 4.90 Å². The van der Waals surface area contributed by atoms with E-state index in [1.54, 1.807) is 13.0 Å². The van der Waals surface area contributed by atoms with Crippen LogP contribution in [0.4, 0.5) is 4.39 Å². The van der Waals surface area contributed by atoms with Crippen LogP contribution in [0, 0.1) is 17.1 Å². The van der Waals surface area contributed by atoms with Crippen LogP contribution in [0.1, 0.15) is 17.3 Å². The third kappa shape index (κ3) is 2.58. The van der Waals surface area contributed by atoms with Crippen molar-refractivity contribution >= 4 is 21.8 Å². The van der Waals surface area contributed by atoms with Crippen LogP contribution in [0.2, 0.25) is 0 Å². The molecular weight excluding hydrogens is 275 g/mol. The maximum Gasteiger partial charge on any atom is 0.257 e. The van der Waals surface area contributed by atoms with E-state index in [4.69, 9.17) is 5.26 Å². The van der Waals surface area contributed by atoms with Crippen LogP contribution < -0.4 is 0 Å². The summed E-state index contributed by atoms with van der Waals surface area (Å²) in [6.07, 6.45) is 0. The number of hydrogen-bond acceptors (Lipinski definition) is 2. The molecule has 0 aromatic heterocycles. The minimum atomic E-state index is -0.601. The number of hydrogen-bond donors (Lipinski definition) is 0. The van der Waals surface area contributed by atoms with Gasteiger partial charge in [0.1, 0.15) is 11.9 Å². The predicted octanol–water partition coefficient (Wildman–Crippen LogP) is 2.57. The Morgan fingerprint density at radius 2 is 2.25 bits per heavy atom. The highest BCUT2D eigenvalue weighted by molar-refractivity contribution is 9.10. The maximum atomic E-state index is 13.5. The lowest BCUT2D eigenvalue weighted by molar-refractivity contribution is 0.0768.